The molecule has 0 bridgehead atoms. The monoisotopic (exact) mass is 408 g/mol. The molecule has 9 heteroatoms. The van der Waals surface area contributed by atoms with Gasteiger partial charge < -0.3 is 23.9 Å². The summed E-state index contributed by atoms with van der Waals surface area (Å²) in [6, 6.07) is 8.97. The predicted octanol–water partition coefficient (Wildman–Crippen LogP) is 2.79. The van der Waals surface area contributed by atoms with Gasteiger partial charge in [-0.3, -0.25) is 4.79 Å². The summed E-state index contributed by atoms with van der Waals surface area (Å²) in [5, 5.41) is 5.06. The first kappa shape index (κ1) is 19.3. The SMILES string of the molecule is COc1ccc2[nH]c3c(=O)n(/N=C\c4cc(OC)c(OC)c(OC)c4)cnc3c2c1. The van der Waals surface area contributed by atoms with Crippen molar-refractivity contribution in [2.24, 2.45) is 5.10 Å². The molecule has 0 saturated heterocycles. The molecule has 0 aliphatic heterocycles. The summed E-state index contributed by atoms with van der Waals surface area (Å²) in [6.07, 6.45) is 2.90. The molecule has 0 radical (unpaired) electrons. The van der Waals surface area contributed by atoms with Crippen molar-refractivity contribution in [3.05, 3.63) is 52.6 Å². The lowest BCUT2D eigenvalue weighted by molar-refractivity contribution is 0.324. The number of rotatable bonds is 6. The van der Waals surface area contributed by atoms with Crippen molar-refractivity contribution in [1.82, 2.24) is 14.6 Å². The molecule has 30 heavy (non-hydrogen) atoms. The number of aromatic amines is 1. The predicted molar refractivity (Wildman–Crippen MR) is 114 cm³/mol. The minimum absolute atomic E-state index is 0.321. The van der Waals surface area contributed by atoms with E-state index in [1.165, 1.54) is 33.9 Å². The van der Waals surface area contributed by atoms with E-state index in [2.05, 4.69) is 15.1 Å². The van der Waals surface area contributed by atoms with E-state index in [0.29, 0.717) is 39.6 Å². The van der Waals surface area contributed by atoms with Crippen molar-refractivity contribution < 1.29 is 18.9 Å². The van der Waals surface area contributed by atoms with Gasteiger partial charge in [-0.15, -0.1) is 0 Å². The fraction of sp³-hybridized carbons (Fsp3) is 0.190. The maximum absolute atomic E-state index is 12.9. The summed E-state index contributed by atoms with van der Waals surface area (Å²) in [7, 11) is 6.19. The number of nitrogens with zero attached hydrogens (tertiary/aromatic N) is 3. The molecule has 2 aromatic carbocycles. The molecule has 0 spiro atoms. The molecule has 0 amide bonds. The number of nitrogens with one attached hydrogen (secondary N) is 1. The van der Waals surface area contributed by atoms with Gasteiger partial charge in [0.25, 0.3) is 5.56 Å². The van der Waals surface area contributed by atoms with Crippen LogP contribution in [0.1, 0.15) is 5.56 Å². The lowest BCUT2D eigenvalue weighted by Crippen LogP contribution is -2.17. The van der Waals surface area contributed by atoms with Crippen molar-refractivity contribution in [2.75, 3.05) is 28.4 Å². The van der Waals surface area contributed by atoms with Gasteiger partial charge in [0, 0.05) is 16.5 Å². The molecular formula is C21H20N4O5. The summed E-state index contributed by atoms with van der Waals surface area (Å²) in [5.41, 5.74) is 2.06. The van der Waals surface area contributed by atoms with Crippen LogP contribution < -0.4 is 24.5 Å². The third-order valence-electron chi connectivity index (χ3n) is 4.71. The van der Waals surface area contributed by atoms with Gasteiger partial charge in [-0.25, -0.2) is 4.98 Å². The van der Waals surface area contributed by atoms with Gasteiger partial charge in [0.2, 0.25) is 5.75 Å². The average Bonchev–Trinajstić information content (AvgIpc) is 3.16. The van der Waals surface area contributed by atoms with E-state index >= 15 is 0 Å². The van der Waals surface area contributed by atoms with Crippen LogP contribution in [0.25, 0.3) is 21.9 Å². The van der Waals surface area contributed by atoms with Crippen molar-refractivity contribution >= 4 is 28.2 Å². The van der Waals surface area contributed by atoms with E-state index < -0.39 is 0 Å². The van der Waals surface area contributed by atoms with Gasteiger partial charge in [-0.05, 0) is 30.3 Å². The first-order valence-corrected chi connectivity index (χ1v) is 9.01. The molecule has 4 aromatic rings. The lowest BCUT2D eigenvalue weighted by atomic mass is 10.2. The Morgan fingerprint density at radius 3 is 2.37 bits per heavy atom. The molecule has 2 heterocycles. The van der Waals surface area contributed by atoms with Gasteiger partial charge in [-0.1, -0.05) is 0 Å². The first-order chi connectivity index (χ1) is 14.6. The smallest absolute Gasteiger partial charge is 0.298 e. The molecule has 0 aliphatic rings. The van der Waals surface area contributed by atoms with Crippen LogP contribution in [0.15, 0.2) is 46.6 Å². The third-order valence-corrected chi connectivity index (χ3v) is 4.71. The van der Waals surface area contributed by atoms with Crippen LogP contribution in [-0.2, 0) is 0 Å². The Balaban J connectivity index is 1.77. The minimum Gasteiger partial charge on any atom is -0.497 e. The fourth-order valence-electron chi connectivity index (χ4n) is 3.24. The molecule has 9 nitrogen and oxygen atoms in total. The maximum atomic E-state index is 12.9. The molecule has 0 saturated carbocycles. The van der Waals surface area contributed by atoms with Crippen LogP contribution in [0.5, 0.6) is 23.0 Å². The van der Waals surface area contributed by atoms with E-state index in [1.54, 1.807) is 19.2 Å². The number of methoxy groups -OCH3 is 4. The second kappa shape index (κ2) is 7.78. The molecule has 2 aromatic heterocycles. The molecule has 1 N–H and O–H groups in total. The van der Waals surface area contributed by atoms with E-state index in [-0.39, 0.29) is 5.56 Å². The number of hydrogen-bond donors (Lipinski definition) is 1. The lowest BCUT2D eigenvalue weighted by Gasteiger charge is -2.12. The van der Waals surface area contributed by atoms with E-state index in [9.17, 15) is 4.79 Å². The number of benzene rings is 2. The molecule has 154 valence electrons. The summed E-state index contributed by atoms with van der Waals surface area (Å²) in [6.45, 7) is 0. The first-order valence-electron chi connectivity index (χ1n) is 9.01. The second-order valence-corrected chi connectivity index (χ2v) is 6.36. The second-order valence-electron chi connectivity index (χ2n) is 6.36. The van der Waals surface area contributed by atoms with Crippen LogP contribution in [0.4, 0.5) is 0 Å². The fourth-order valence-corrected chi connectivity index (χ4v) is 3.24. The van der Waals surface area contributed by atoms with Crippen molar-refractivity contribution in [2.45, 2.75) is 0 Å². The van der Waals surface area contributed by atoms with Crippen molar-refractivity contribution in [3.63, 3.8) is 0 Å². The van der Waals surface area contributed by atoms with Crippen LogP contribution in [0.2, 0.25) is 0 Å². The Kier molecular flexibility index (Phi) is 5.01. The molecular weight excluding hydrogens is 388 g/mol. The van der Waals surface area contributed by atoms with E-state index in [4.69, 9.17) is 18.9 Å². The zero-order chi connectivity index (χ0) is 21.3. The normalized spacial score (nSPS) is 11.3. The Morgan fingerprint density at radius 2 is 1.73 bits per heavy atom. The third kappa shape index (κ3) is 3.20. The number of hydrogen-bond acceptors (Lipinski definition) is 7. The number of ether oxygens (including phenoxy) is 4. The number of fused-ring (bicyclic) bond motifs is 3. The molecule has 0 aliphatic carbocycles. The summed E-state index contributed by atoms with van der Waals surface area (Å²) in [4.78, 5) is 20.4. The van der Waals surface area contributed by atoms with Gasteiger partial charge in [-0.2, -0.15) is 9.78 Å². The summed E-state index contributed by atoms with van der Waals surface area (Å²) < 4.78 is 22.4. The summed E-state index contributed by atoms with van der Waals surface area (Å²) in [5.74, 6) is 2.15. The highest BCUT2D eigenvalue weighted by Crippen LogP contribution is 2.37. The Labute approximate surface area is 171 Å². The zero-order valence-electron chi connectivity index (χ0n) is 16.9. The van der Waals surface area contributed by atoms with E-state index in [1.807, 2.05) is 18.2 Å². The zero-order valence-corrected chi connectivity index (χ0v) is 16.9. The van der Waals surface area contributed by atoms with Gasteiger partial charge in [0.05, 0.1) is 34.7 Å². The van der Waals surface area contributed by atoms with Crippen LogP contribution in [0, 0.1) is 0 Å². The van der Waals surface area contributed by atoms with Crippen molar-refractivity contribution in [3.8, 4) is 23.0 Å². The van der Waals surface area contributed by atoms with Crippen LogP contribution in [0.3, 0.4) is 0 Å². The van der Waals surface area contributed by atoms with Crippen LogP contribution in [-0.4, -0.2) is 49.3 Å². The number of H-pyrrole nitrogens is 1. The van der Waals surface area contributed by atoms with Crippen molar-refractivity contribution in [1.29, 1.82) is 0 Å². The summed E-state index contributed by atoms with van der Waals surface area (Å²) >= 11 is 0. The molecule has 4 rings (SSSR count). The number of aromatic nitrogens is 3. The van der Waals surface area contributed by atoms with Gasteiger partial charge in [0.1, 0.15) is 23.1 Å². The maximum Gasteiger partial charge on any atom is 0.298 e. The van der Waals surface area contributed by atoms with E-state index in [0.717, 1.165) is 15.6 Å². The van der Waals surface area contributed by atoms with Gasteiger partial charge in [0.15, 0.2) is 11.5 Å². The highest BCUT2D eigenvalue weighted by Gasteiger charge is 2.13. The topological polar surface area (TPSA) is 100.0 Å². The minimum atomic E-state index is -0.321. The Morgan fingerprint density at radius 1 is 1.00 bits per heavy atom. The molecule has 0 atom stereocenters. The molecule has 0 fully saturated rings. The molecule has 0 unspecified atom stereocenters. The average molecular weight is 408 g/mol. The Hall–Kier alpha value is -4.01. The standard InChI is InChI=1S/C21H20N4O5/c1-27-13-5-6-15-14(9-13)18-19(24-15)21(26)25(11-22-18)23-10-12-7-16(28-2)20(30-4)17(8-12)29-3/h5-11,24H,1-4H3/b23-10-. The highest BCUT2D eigenvalue weighted by molar-refractivity contribution is 6.04. The highest BCUT2D eigenvalue weighted by atomic mass is 16.5. The van der Waals surface area contributed by atoms with Gasteiger partial charge >= 0.3 is 0 Å². The van der Waals surface area contributed by atoms with Crippen LogP contribution >= 0.6 is 0 Å². The largest absolute Gasteiger partial charge is 0.497 e. The quantitative estimate of drug-likeness (QED) is 0.493. The Bertz CT molecular complexity index is 1300.